The number of aliphatic hydroxyl groups excluding tert-OH is 1. The number of carbonyl (C=O) groups excluding carboxylic acids is 1. The van der Waals surface area contributed by atoms with E-state index in [9.17, 15) is 9.90 Å². The molecule has 1 amide bonds. The van der Waals surface area contributed by atoms with Gasteiger partial charge >= 0.3 is 0 Å². The van der Waals surface area contributed by atoms with Crippen molar-refractivity contribution in [2.75, 3.05) is 45.9 Å². The third-order valence-electron chi connectivity index (χ3n) is 8.41. The lowest BCUT2D eigenvalue weighted by molar-refractivity contribution is -0.126. The smallest absolute Gasteiger partial charge is 0.224 e. The quantitative estimate of drug-likeness (QED) is 0.620. The van der Waals surface area contributed by atoms with Crippen LogP contribution in [-0.2, 0) is 17.6 Å². The summed E-state index contributed by atoms with van der Waals surface area (Å²) in [6.07, 6.45) is 4.54. The third kappa shape index (κ3) is 4.97. The van der Waals surface area contributed by atoms with Crippen molar-refractivity contribution in [1.82, 2.24) is 15.1 Å². The van der Waals surface area contributed by atoms with Crippen LogP contribution in [0.3, 0.4) is 0 Å². The first-order valence-corrected chi connectivity index (χ1v) is 13.6. The molecule has 3 aliphatic heterocycles. The first-order chi connectivity index (χ1) is 17.6. The Bertz CT molecular complexity index is 1060. The molecule has 4 aliphatic rings. The minimum Gasteiger partial charge on any atom is -0.486 e. The summed E-state index contributed by atoms with van der Waals surface area (Å²) >= 11 is 0. The van der Waals surface area contributed by atoms with Crippen LogP contribution in [0, 0.1) is 5.92 Å². The summed E-state index contributed by atoms with van der Waals surface area (Å²) in [6.45, 7) is 5.47. The molecule has 2 fully saturated rings. The van der Waals surface area contributed by atoms with Crippen LogP contribution >= 0.6 is 0 Å². The van der Waals surface area contributed by atoms with E-state index >= 15 is 0 Å². The maximum absolute atomic E-state index is 13.5. The highest BCUT2D eigenvalue weighted by Crippen LogP contribution is 2.34. The van der Waals surface area contributed by atoms with Crippen LogP contribution in [0.4, 0.5) is 0 Å². The van der Waals surface area contributed by atoms with Crippen molar-refractivity contribution in [1.29, 1.82) is 0 Å². The molecule has 0 aromatic heterocycles. The average Bonchev–Trinajstić information content (AvgIpc) is 3.68. The van der Waals surface area contributed by atoms with Gasteiger partial charge in [0, 0.05) is 19.1 Å². The SMILES string of the molecule is O=C(NC(CN1CCCC1)C(O)c1ccc2c(c1)OCCO2)[C@@H]1CCN(C2Cc3ccccc3C2)C1. The molecule has 0 radical (unpaired) electrons. The molecule has 0 bridgehead atoms. The number of ether oxygens (including phenoxy) is 2. The molecule has 0 saturated carbocycles. The van der Waals surface area contributed by atoms with Gasteiger partial charge in [-0.05, 0) is 80.6 Å². The van der Waals surface area contributed by atoms with Gasteiger partial charge in [0.05, 0.1) is 12.0 Å². The third-order valence-corrected chi connectivity index (χ3v) is 8.41. The minimum absolute atomic E-state index is 0.0396. The minimum atomic E-state index is -0.813. The van der Waals surface area contributed by atoms with Gasteiger partial charge in [-0.2, -0.15) is 0 Å². The lowest BCUT2D eigenvalue weighted by atomic mass is 9.99. The molecule has 192 valence electrons. The highest BCUT2D eigenvalue weighted by Gasteiger charge is 2.36. The van der Waals surface area contributed by atoms with Crippen molar-refractivity contribution in [2.45, 2.75) is 50.3 Å². The molecule has 2 aromatic rings. The fourth-order valence-corrected chi connectivity index (χ4v) is 6.37. The topological polar surface area (TPSA) is 74.3 Å². The molecule has 0 spiro atoms. The standard InChI is InChI=1S/C29H37N3O4/c33-28(22-7-8-26-27(17-22)36-14-13-35-26)25(19-31-10-3-4-11-31)30-29(34)23-9-12-32(18-23)24-15-20-5-1-2-6-21(20)16-24/h1-2,5-8,17,23-25,28,33H,3-4,9-16,18-19H2,(H,30,34)/t23-,25?,28?/m1/s1. The van der Waals surface area contributed by atoms with E-state index in [4.69, 9.17) is 9.47 Å². The molecule has 3 heterocycles. The fourth-order valence-electron chi connectivity index (χ4n) is 6.37. The molecule has 2 unspecified atom stereocenters. The second-order valence-electron chi connectivity index (χ2n) is 10.8. The summed E-state index contributed by atoms with van der Waals surface area (Å²) in [5.41, 5.74) is 3.65. The number of fused-ring (bicyclic) bond motifs is 2. The van der Waals surface area contributed by atoms with Gasteiger partial charge in [0.2, 0.25) is 5.91 Å². The number of aliphatic hydroxyl groups is 1. The maximum Gasteiger partial charge on any atom is 0.224 e. The lowest BCUT2D eigenvalue weighted by Gasteiger charge is -2.30. The molecule has 6 rings (SSSR count). The van der Waals surface area contributed by atoms with E-state index in [1.807, 2.05) is 18.2 Å². The Morgan fingerprint density at radius 3 is 2.47 bits per heavy atom. The molecular formula is C29H37N3O4. The number of amides is 1. The van der Waals surface area contributed by atoms with Gasteiger partial charge in [0.1, 0.15) is 19.3 Å². The highest BCUT2D eigenvalue weighted by atomic mass is 16.6. The van der Waals surface area contributed by atoms with E-state index in [-0.39, 0.29) is 17.9 Å². The number of hydrogen-bond acceptors (Lipinski definition) is 6. The summed E-state index contributed by atoms with van der Waals surface area (Å²) < 4.78 is 11.4. The van der Waals surface area contributed by atoms with Crippen LogP contribution in [0.25, 0.3) is 0 Å². The zero-order valence-electron chi connectivity index (χ0n) is 20.9. The summed E-state index contributed by atoms with van der Waals surface area (Å²) in [5, 5.41) is 14.7. The molecule has 2 aromatic carbocycles. The van der Waals surface area contributed by atoms with Crippen molar-refractivity contribution in [2.24, 2.45) is 5.92 Å². The van der Waals surface area contributed by atoms with Gasteiger partial charge in [-0.1, -0.05) is 30.3 Å². The van der Waals surface area contributed by atoms with E-state index in [2.05, 4.69) is 39.4 Å². The van der Waals surface area contributed by atoms with Gasteiger partial charge in [-0.3, -0.25) is 9.69 Å². The largest absolute Gasteiger partial charge is 0.486 e. The monoisotopic (exact) mass is 491 g/mol. The van der Waals surface area contributed by atoms with Crippen molar-refractivity contribution >= 4 is 5.91 Å². The van der Waals surface area contributed by atoms with Crippen molar-refractivity contribution in [3.8, 4) is 11.5 Å². The number of hydrogen-bond donors (Lipinski definition) is 2. The fraction of sp³-hybridized carbons (Fsp3) is 0.552. The summed E-state index contributed by atoms with van der Waals surface area (Å²) in [5.74, 6) is 1.39. The zero-order chi connectivity index (χ0) is 24.5. The number of rotatable bonds is 7. The Balaban J connectivity index is 1.12. The first kappa shape index (κ1) is 23.8. The van der Waals surface area contributed by atoms with Crippen molar-refractivity contribution < 1.29 is 19.4 Å². The number of benzene rings is 2. The predicted octanol–water partition coefficient (Wildman–Crippen LogP) is 2.56. The van der Waals surface area contributed by atoms with E-state index in [1.54, 1.807) is 0 Å². The summed E-state index contributed by atoms with van der Waals surface area (Å²) in [4.78, 5) is 18.3. The number of likely N-dealkylation sites (tertiary alicyclic amines) is 2. The first-order valence-electron chi connectivity index (χ1n) is 13.6. The van der Waals surface area contributed by atoms with Crippen LogP contribution in [0.2, 0.25) is 0 Å². The van der Waals surface area contributed by atoms with E-state index in [0.29, 0.717) is 37.3 Å². The highest BCUT2D eigenvalue weighted by molar-refractivity contribution is 5.79. The van der Waals surface area contributed by atoms with Crippen LogP contribution in [0.15, 0.2) is 42.5 Å². The van der Waals surface area contributed by atoms with E-state index in [0.717, 1.165) is 51.0 Å². The molecule has 36 heavy (non-hydrogen) atoms. The Morgan fingerprint density at radius 1 is 1.00 bits per heavy atom. The zero-order valence-corrected chi connectivity index (χ0v) is 20.9. The number of nitrogens with one attached hydrogen (secondary N) is 1. The van der Waals surface area contributed by atoms with E-state index in [1.165, 1.54) is 24.0 Å². The maximum atomic E-state index is 13.5. The van der Waals surface area contributed by atoms with Gasteiger partial charge in [0.15, 0.2) is 11.5 Å². The summed E-state index contributed by atoms with van der Waals surface area (Å²) in [7, 11) is 0. The van der Waals surface area contributed by atoms with Gasteiger partial charge in [-0.15, -0.1) is 0 Å². The van der Waals surface area contributed by atoms with E-state index < -0.39 is 6.10 Å². The second-order valence-corrected chi connectivity index (χ2v) is 10.8. The van der Waals surface area contributed by atoms with Crippen LogP contribution in [0.1, 0.15) is 42.1 Å². The van der Waals surface area contributed by atoms with Crippen LogP contribution < -0.4 is 14.8 Å². The van der Waals surface area contributed by atoms with Gasteiger partial charge in [0.25, 0.3) is 0 Å². The molecule has 7 heteroatoms. The number of nitrogens with zero attached hydrogens (tertiary/aromatic N) is 2. The normalized spacial score (nSPS) is 24.0. The molecule has 1 aliphatic carbocycles. The van der Waals surface area contributed by atoms with Gasteiger partial charge in [-0.25, -0.2) is 0 Å². The Labute approximate surface area is 213 Å². The Hall–Kier alpha value is -2.61. The predicted molar refractivity (Wildman–Crippen MR) is 137 cm³/mol. The van der Waals surface area contributed by atoms with Crippen LogP contribution in [0.5, 0.6) is 11.5 Å². The Morgan fingerprint density at radius 2 is 1.72 bits per heavy atom. The molecule has 3 atom stereocenters. The Kier molecular flexibility index (Phi) is 6.87. The van der Waals surface area contributed by atoms with Gasteiger partial charge < -0.3 is 24.8 Å². The molecule has 2 N–H and O–H groups in total. The van der Waals surface area contributed by atoms with Crippen molar-refractivity contribution in [3.63, 3.8) is 0 Å². The number of carbonyl (C=O) groups is 1. The molecule has 7 nitrogen and oxygen atoms in total. The summed E-state index contributed by atoms with van der Waals surface area (Å²) in [6, 6.07) is 14.4. The molecule has 2 saturated heterocycles. The van der Waals surface area contributed by atoms with Crippen LogP contribution in [-0.4, -0.2) is 78.8 Å². The average molecular weight is 492 g/mol. The lowest BCUT2D eigenvalue weighted by Crippen LogP contribution is -2.49. The van der Waals surface area contributed by atoms with Crippen molar-refractivity contribution in [3.05, 3.63) is 59.2 Å². The second kappa shape index (κ2) is 10.4. The molecular weight excluding hydrogens is 454 g/mol.